The second kappa shape index (κ2) is 7.65. The van der Waals surface area contributed by atoms with Gasteiger partial charge in [-0.1, -0.05) is 19.9 Å². The number of carbonyl (C=O) groups is 2. The van der Waals surface area contributed by atoms with Gasteiger partial charge in [-0.05, 0) is 37.1 Å². The molecule has 0 bridgehead atoms. The van der Waals surface area contributed by atoms with E-state index in [0.29, 0.717) is 25.1 Å². The highest BCUT2D eigenvalue weighted by molar-refractivity contribution is 5.95. The minimum atomic E-state index is -0.0648. The van der Waals surface area contributed by atoms with Gasteiger partial charge in [-0.15, -0.1) is 0 Å². The second-order valence-corrected chi connectivity index (χ2v) is 4.97. The third-order valence-electron chi connectivity index (χ3n) is 3.14. The Hall–Kier alpha value is -1.88. The van der Waals surface area contributed by atoms with Crippen molar-refractivity contribution in [2.24, 2.45) is 11.7 Å². The molecule has 0 aliphatic carbocycles. The van der Waals surface area contributed by atoms with E-state index in [4.69, 9.17) is 5.73 Å². The summed E-state index contributed by atoms with van der Waals surface area (Å²) < 4.78 is 0. The molecule has 1 aromatic carbocycles. The lowest BCUT2D eigenvalue weighted by molar-refractivity contribution is -0.117. The fourth-order valence-corrected chi connectivity index (χ4v) is 1.75. The topological polar surface area (TPSA) is 84.2 Å². The molecule has 0 spiro atoms. The van der Waals surface area contributed by atoms with Gasteiger partial charge >= 0.3 is 0 Å². The lowest BCUT2D eigenvalue weighted by Crippen LogP contribution is -2.20. The first kappa shape index (κ1) is 16.2. The molecule has 0 saturated carbocycles. The first-order valence-electron chi connectivity index (χ1n) is 6.87. The molecule has 5 nitrogen and oxygen atoms in total. The van der Waals surface area contributed by atoms with Crippen LogP contribution in [0.5, 0.6) is 0 Å². The molecule has 1 unspecified atom stereocenters. The number of benzene rings is 1. The zero-order chi connectivity index (χ0) is 15.1. The Kier molecular flexibility index (Phi) is 6.18. The van der Waals surface area contributed by atoms with Crippen molar-refractivity contribution in [3.8, 4) is 0 Å². The summed E-state index contributed by atoms with van der Waals surface area (Å²) in [5.41, 5.74) is 7.80. The van der Waals surface area contributed by atoms with Crippen LogP contribution in [0.1, 0.15) is 32.3 Å². The molecule has 1 rings (SSSR count). The molecule has 0 aliphatic heterocycles. The summed E-state index contributed by atoms with van der Waals surface area (Å²) in [5, 5.41) is 5.68. The van der Waals surface area contributed by atoms with Crippen molar-refractivity contribution >= 4 is 23.2 Å². The average molecular weight is 277 g/mol. The number of hydrogen-bond acceptors (Lipinski definition) is 3. The number of anilines is 2. The van der Waals surface area contributed by atoms with Gasteiger partial charge in [0, 0.05) is 24.2 Å². The predicted molar refractivity (Wildman–Crippen MR) is 81.6 cm³/mol. The van der Waals surface area contributed by atoms with Crippen LogP contribution in [0, 0.1) is 12.8 Å². The van der Waals surface area contributed by atoms with Gasteiger partial charge in [0.2, 0.25) is 11.8 Å². The van der Waals surface area contributed by atoms with Gasteiger partial charge in [-0.3, -0.25) is 9.59 Å². The van der Waals surface area contributed by atoms with E-state index in [-0.39, 0.29) is 17.7 Å². The molecule has 0 aromatic heterocycles. The van der Waals surface area contributed by atoms with E-state index in [1.54, 1.807) is 13.0 Å². The van der Waals surface area contributed by atoms with Gasteiger partial charge in [0.05, 0.1) is 0 Å². The highest BCUT2D eigenvalue weighted by Gasteiger charge is 2.11. The summed E-state index contributed by atoms with van der Waals surface area (Å²) in [6, 6.07) is 5.45. The Morgan fingerprint density at radius 3 is 2.25 bits per heavy atom. The summed E-state index contributed by atoms with van der Waals surface area (Å²) in [5.74, 6) is 0.0385. The Labute approximate surface area is 119 Å². The molecule has 4 N–H and O–H groups in total. The molecular weight excluding hydrogens is 254 g/mol. The maximum absolute atomic E-state index is 11.9. The molecule has 0 fully saturated rings. The van der Waals surface area contributed by atoms with Crippen LogP contribution < -0.4 is 16.4 Å². The molecule has 0 aliphatic rings. The van der Waals surface area contributed by atoms with Crippen molar-refractivity contribution in [2.45, 2.75) is 33.6 Å². The number of nitrogens with one attached hydrogen (secondary N) is 2. The van der Waals surface area contributed by atoms with Crippen molar-refractivity contribution in [1.82, 2.24) is 0 Å². The van der Waals surface area contributed by atoms with Crippen molar-refractivity contribution in [1.29, 1.82) is 0 Å². The van der Waals surface area contributed by atoms with E-state index in [1.165, 1.54) is 0 Å². The van der Waals surface area contributed by atoms with Crippen LogP contribution in [-0.2, 0) is 9.59 Å². The van der Waals surface area contributed by atoms with E-state index < -0.39 is 0 Å². The largest absolute Gasteiger partial charge is 0.330 e. The maximum Gasteiger partial charge on any atom is 0.224 e. The zero-order valence-corrected chi connectivity index (χ0v) is 12.3. The molecule has 5 heteroatoms. The number of hydrogen-bond donors (Lipinski definition) is 3. The average Bonchev–Trinajstić information content (AvgIpc) is 2.42. The van der Waals surface area contributed by atoms with Crippen LogP contribution in [0.3, 0.4) is 0 Å². The predicted octanol–water partition coefficient (Wildman–Crippen LogP) is 2.27. The maximum atomic E-state index is 11.9. The highest BCUT2D eigenvalue weighted by atomic mass is 16.2. The summed E-state index contributed by atoms with van der Waals surface area (Å²) in [6.07, 6.45) is 0.811. The quantitative estimate of drug-likeness (QED) is 0.745. The van der Waals surface area contributed by atoms with Crippen LogP contribution in [0.25, 0.3) is 0 Å². The van der Waals surface area contributed by atoms with Crippen molar-refractivity contribution in [2.75, 3.05) is 17.2 Å². The SMILES string of the molecule is CCC(=O)Nc1cccc(NC(=O)CC(C)CN)c1C. The fraction of sp³-hybridized carbons (Fsp3) is 0.467. The molecule has 1 aromatic rings. The fourth-order valence-electron chi connectivity index (χ4n) is 1.75. The van der Waals surface area contributed by atoms with Gasteiger partial charge in [0.15, 0.2) is 0 Å². The molecule has 0 radical (unpaired) electrons. The molecule has 20 heavy (non-hydrogen) atoms. The number of nitrogens with two attached hydrogens (primary N) is 1. The van der Waals surface area contributed by atoms with E-state index in [9.17, 15) is 9.59 Å². The summed E-state index contributed by atoms with van der Waals surface area (Å²) in [4.78, 5) is 23.3. The third-order valence-corrected chi connectivity index (χ3v) is 3.14. The summed E-state index contributed by atoms with van der Waals surface area (Å²) in [7, 11) is 0. The van der Waals surface area contributed by atoms with Gasteiger partial charge in [-0.2, -0.15) is 0 Å². The molecule has 110 valence electrons. The minimum absolute atomic E-state index is 0.0478. The van der Waals surface area contributed by atoms with E-state index >= 15 is 0 Å². The van der Waals surface area contributed by atoms with Crippen LogP contribution in [0.4, 0.5) is 11.4 Å². The van der Waals surface area contributed by atoms with Crippen molar-refractivity contribution in [3.63, 3.8) is 0 Å². The van der Waals surface area contributed by atoms with E-state index in [1.807, 2.05) is 26.0 Å². The first-order chi connectivity index (χ1) is 9.47. The molecule has 1 atom stereocenters. The monoisotopic (exact) mass is 277 g/mol. The first-order valence-corrected chi connectivity index (χ1v) is 6.87. The van der Waals surface area contributed by atoms with E-state index in [0.717, 1.165) is 11.3 Å². The van der Waals surface area contributed by atoms with Gasteiger partial charge in [0.25, 0.3) is 0 Å². The highest BCUT2D eigenvalue weighted by Crippen LogP contribution is 2.23. The normalized spacial score (nSPS) is 11.8. The molecule has 0 saturated heterocycles. The number of rotatable bonds is 6. The van der Waals surface area contributed by atoms with Crippen molar-refractivity contribution < 1.29 is 9.59 Å². The Morgan fingerprint density at radius 1 is 1.20 bits per heavy atom. The Bertz CT molecular complexity index is 486. The summed E-state index contributed by atoms with van der Waals surface area (Å²) in [6.45, 7) is 6.08. The molecular formula is C15H23N3O2. The lowest BCUT2D eigenvalue weighted by atomic mass is 10.1. The molecule has 2 amide bonds. The van der Waals surface area contributed by atoms with Gasteiger partial charge in [-0.25, -0.2) is 0 Å². The second-order valence-electron chi connectivity index (χ2n) is 4.97. The molecule has 0 heterocycles. The Morgan fingerprint density at radius 2 is 1.75 bits per heavy atom. The number of carbonyl (C=O) groups excluding carboxylic acids is 2. The minimum Gasteiger partial charge on any atom is -0.330 e. The van der Waals surface area contributed by atoms with Crippen LogP contribution in [0.2, 0.25) is 0 Å². The van der Waals surface area contributed by atoms with Gasteiger partial charge < -0.3 is 16.4 Å². The lowest BCUT2D eigenvalue weighted by Gasteiger charge is -2.14. The number of amides is 2. The van der Waals surface area contributed by atoms with Crippen LogP contribution in [-0.4, -0.2) is 18.4 Å². The standard InChI is InChI=1S/C15H23N3O2/c1-4-14(19)17-12-6-5-7-13(11(12)3)18-15(20)8-10(2)9-16/h5-7,10H,4,8-9,16H2,1-3H3,(H,17,19)(H,18,20). The third kappa shape index (κ3) is 4.66. The Balaban J connectivity index is 2.78. The van der Waals surface area contributed by atoms with Crippen LogP contribution in [0.15, 0.2) is 18.2 Å². The van der Waals surface area contributed by atoms with Crippen LogP contribution >= 0.6 is 0 Å². The zero-order valence-electron chi connectivity index (χ0n) is 12.3. The smallest absolute Gasteiger partial charge is 0.224 e. The van der Waals surface area contributed by atoms with Gasteiger partial charge in [0.1, 0.15) is 0 Å². The van der Waals surface area contributed by atoms with E-state index in [2.05, 4.69) is 10.6 Å². The summed E-state index contributed by atoms with van der Waals surface area (Å²) >= 11 is 0. The van der Waals surface area contributed by atoms with Crippen molar-refractivity contribution in [3.05, 3.63) is 23.8 Å².